The number of rotatable bonds is 5. The Morgan fingerprint density at radius 1 is 1.07 bits per heavy atom. The number of fused-ring (bicyclic) bond motifs is 1. The summed E-state index contributed by atoms with van der Waals surface area (Å²) in [5.41, 5.74) is 7.96. The zero-order chi connectivity index (χ0) is 20.5. The largest absolute Gasteiger partial charge is 0.438 e. The summed E-state index contributed by atoms with van der Waals surface area (Å²) in [5, 5.41) is 3.61. The lowest BCUT2D eigenvalue weighted by Crippen LogP contribution is -2.56. The van der Waals surface area contributed by atoms with E-state index in [1.165, 1.54) is 6.33 Å². The molecular formula is C21H18ClN7O. The smallest absolute Gasteiger partial charge is 0.238 e. The first-order valence-corrected chi connectivity index (χ1v) is 9.81. The zero-order valence-electron chi connectivity index (χ0n) is 15.9. The molecule has 0 atom stereocenters. The number of hydrogen-bond donors (Lipinski definition) is 2. The summed E-state index contributed by atoms with van der Waals surface area (Å²) in [5.74, 6) is 2.42. The van der Waals surface area contributed by atoms with E-state index in [0.717, 1.165) is 24.4 Å². The number of halogens is 1. The third-order valence-corrected chi connectivity index (χ3v) is 5.00. The van der Waals surface area contributed by atoms with E-state index in [4.69, 9.17) is 27.1 Å². The second-order valence-electron chi connectivity index (χ2n) is 6.98. The monoisotopic (exact) mass is 419 g/mol. The molecule has 3 N–H and O–H groups in total. The van der Waals surface area contributed by atoms with Crippen molar-refractivity contribution in [2.75, 3.05) is 23.3 Å². The van der Waals surface area contributed by atoms with Crippen LogP contribution in [0.5, 0.6) is 11.6 Å². The highest BCUT2D eigenvalue weighted by molar-refractivity contribution is 6.32. The molecule has 0 unspecified atom stereocenters. The van der Waals surface area contributed by atoms with Crippen molar-refractivity contribution in [1.82, 2.24) is 19.9 Å². The minimum Gasteiger partial charge on any atom is -0.438 e. The van der Waals surface area contributed by atoms with Crippen LogP contribution in [0.1, 0.15) is 0 Å². The molecule has 4 aromatic rings. The summed E-state index contributed by atoms with van der Waals surface area (Å²) in [6.45, 7) is 1.58. The number of aromatic nitrogens is 4. The molecule has 5 rings (SSSR count). The van der Waals surface area contributed by atoms with Gasteiger partial charge in [-0.05, 0) is 30.3 Å². The zero-order valence-corrected chi connectivity index (χ0v) is 16.6. The molecule has 0 bridgehead atoms. The summed E-state index contributed by atoms with van der Waals surface area (Å²) < 4.78 is 5.73. The Bertz CT molecular complexity index is 1200. The van der Waals surface area contributed by atoms with Gasteiger partial charge in [0.1, 0.15) is 28.4 Å². The Balaban J connectivity index is 1.41. The standard InChI is InChI=1S/C21H18ClN7O/c22-16-8-14(9-24-21(16)30-15-4-2-1-3-5-15)27-20-19-17(25-12-26-20)6-7-18(28-19)29-10-13(23)11-29/h1-9,12-13H,10-11,23H2,(H,25,26,27). The van der Waals surface area contributed by atoms with Crippen LogP contribution in [0.3, 0.4) is 0 Å². The number of para-hydroxylation sites is 1. The van der Waals surface area contributed by atoms with Gasteiger partial charge in [-0.25, -0.2) is 19.9 Å². The quantitative estimate of drug-likeness (QED) is 0.504. The van der Waals surface area contributed by atoms with E-state index in [0.29, 0.717) is 33.7 Å². The van der Waals surface area contributed by atoms with Gasteiger partial charge in [0.2, 0.25) is 5.88 Å². The molecule has 0 aliphatic carbocycles. The predicted molar refractivity (Wildman–Crippen MR) is 117 cm³/mol. The molecule has 1 fully saturated rings. The number of nitrogens with zero attached hydrogens (tertiary/aromatic N) is 5. The van der Waals surface area contributed by atoms with Gasteiger partial charge in [-0.1, -0.05) is 29.8 Å². The maximum Gasteiger partial charge on any atom is 0.238 e. The Hall–Kier alpha value is -3.49. The van der Waals surface area contributed by atoms with Crippen LogP contribution in [0.2, 0.25) is 5.02 Å². The highest BCUT2D eigenvalue weighted by Gasteiger charge is 2.24. The van der Waals surface area contributed by atoms with Crippen LogP contribution in [0.4, 0.5) is 17.3 Å². The minimum atomic E-state index is 0.192. The number of nitrogens with one attached hydrogen (secondary N) is 1. The number of pyridine rings is 2. The topological polar surface area (TPSA) is 102 Å². The van der Waals surface area contributed by atoms with Crippen LogP contribution in [0.25, 0.3) is 11.0 Å². The minimum absolute atomic E-state index is 0.192. The highest BCUT2D eigenvalue weighted by Crippen LogP contribution is 2.31. The first kappa shape index (κ1) is 18.5. The fourth-order valence-corrected chi connectivity index (χ4v) is 3.41. The Kier molecular flexibility index (Phi) is 4.78. The SMILES string of the molecule is NC1CN(c2ccc3ncnc(Nc4cnc(Oc5ccccc5)c(Cl)c4)c3n2)C1. The normalized spacial score (nSPS) is 13.9. The lowest BCUT2D eigenvalue weighted by atomic mass is 10.1. The lowest BCUT2D eigenvalue weighted by molar-refractivity contribution is 0.463. The Labute approximate surface area is 177 Å². The van der Waals surface area contributed by atoms with Gasteiger partial charge in [0.25, 0.3) is 0 Å². The molecule has 9 heteroatoms. The molecule has 0 radical (unpaired) electrons. The molecule has 1 saturated heterocycles. The molecule has 8 nitrogen and oxygen atoms in total. The lowest BCUT2D eigenvalue weighted by Gasteiger charge is -2.37. The van der Waals surface area contributed by atoms with Crippen LogP contribution >= 0.6 is 11.6 Å². The van der Waals surface area contributed by atoms with Crippen LogP contribution in [-0.4, -0.2) is 39.1 Å². The molecule has 1 aliphatic heterocycles. The number of ether oxygens (including phenoxy) is 1. The van der Waals surface area contributed by atoms with Gasteiger partial charge in [0, 0.05) is 19.1 Å². The average Bonchev–Trinajstić information content (AvgIpc) is 2.74. The van der Waals surface area contributed by atoms with E-state index >= 15 is 0 Å². The van der Waals surface area contributed by atoms with Gasteiger partial charge >= 0.3 is 0 Å². The van der Waals surface area contributed by atoms with Crippen molar-refractivity contribution in [3.63, 3.8) is 0 Å². The van der Waals surface area contributed by atoms with Gasteiger partial charge in [-0.2, -0.15) is 0 Å². The molecule has 1 aliphatic rings. The Morgan fingerprint density at radius 3 is 2.67 bits per heavy atom. The summed E-state index contributed by atoms with van der Waals surface area (Å²) in [6.07, 6.45) is 3.13. The number of hydrogen-bond acceptors (Lipinski definition) is 8. The number of anilines is 3. The van der Waals surface area contributed by atoms with Crippen molar-refractivity contribution in [2.45, 2.75) is 6.04 Å². The summed E-state index contributed by atoms with van der Waals surface area (Å²) in [7, 11) is 0. The molecule has 3 aromatic heterocycles. The van der Waals surface area contributed by atoms with Crippen molar-refractivity contribution in [2.24, 2.45) is 5.73 Å². The maximum absolute atomic E-state index is 6.38. The van der Waals surface area contributed by atoms with Crippen molar-refractivity contribution >= 4 is 40.0 Å². The van der Waals surface area contributed by atoms with Crippen molar-refractivity contribution in [3.8, 4) is 11.6 Å². The van der Waals surface area contributed by atoms with Crippen molar-refractivity contribution < 1.29 is 4.74 Å². The van der Waals surface area contributed by atoms with Crippen molar-refractivity contribution in [1.29, 1.82) is 0 Å². The summed E-state index contributed by atoms with van der Waals surface area (Å²) in [4.78, 5) is 19.8. The first-order chi connectivity index (χ1) is 14.7. The first-order valence-electron chi connectivity index (χ1n) is 9.43. The second-order valence-corrected chi connectivity index (χ2v) is 7.38. The van der Waals surface area contributed by atoms with Gasteiger partial charge < -0.3 is 20.7 Å². The van der Waals surface area contributed by atoms with Gasteiger partial charge in [0.05, 0.1) is 17.4 Å². The average molecular weight is 420 g/mol. The molecule has 0 saturated carbocycles. The maximum atomic E-state index is 6.38. The molecule has 150 valence electrons. The van der Waals surface area contributed by atoms with Gasteiger partial charge in [-0.15, -0.1) is 0 Å². The summed E-state index contributed by atoms with van der Waals surface area (Å²) >= 11 is 6.38. The third kappa shape index (κ3) is 3.70. The molecule has 30 heavy (non-hydrogen) atoms. The van der Waals surface area contributed by atoms with Crippen LogP contribution in [0.15, 0.2) is 61.1 Å². The van der Waals surface area contributed by atoms with Gasteiger partial charge in [-0.3, -0.25) is 0 Å². The van der Waals surface area contributed by atoms with E-state index in [1.54, 1.807) is 12.3 Å². The molecule has 4 heterocycles. The van der Waals surface area contributed by atoms with Gasteiger partial charge in [0.15, 0.2) is 5.82 Å². The van der Waals surface area contributed by atoms with E-state index < -0.39 is 0 Å². The van der Waals surface area contributed by atoms with Crippen molar-refractivity contribution in [3.05, 3.63) is 66.1 Å². The van der Waals surface area contributed by atoms with E-state index in [-0.39, 0.29) is 6.04 Å². The summed E-state index contributed by atoms with van der Waals surface area (Å²) in [6, 6.07) is 15.2. The van der Waals surface area contributed by atoms with E-state index in [9.17, 15) is 0 Å². The van der Waals surface area contributed by atoms with E-state index in [1.807, 2.05) is 42.5 Å². The Morgan fingerprint density at radius 2 is 1.90 bits per heavy atom. The fraction of sp³-hybridized carbons (Fsp3) is 0.143. The second kappa shape index (κ2) is 7.74. The van der Waals surface area contributed by atoms with Crippen LogP contribution < -0.4 is 20.7 Å². The molecule has 0 amide bonds. The fourth-order valence-electron chi connectivity index (χ4n) is 3.20. The number of benzene rings is 1. The van der Waals surface area contributed by atoms with E-state index in [2.05, 4.69) is 25.2 Å². The highest BCUT2D eigenvalue weighted by atomic mass is 35.5. The third-order valence-electron chi connectivity index (χ3n) is 4.73. The predicted octanol–water partition coefficient (Wildman–Crippen LogP) is 3.76. The molecular weight excluding hydrogens is 402 g/mol. The number of nitrogens with two attached hydrogens (primary N) is 1. The molecule has 0 spiro atoms. The molecule has 1 aromatic carbocycles. The van der Waals surface area contributed by atoms with Crippen LogP contribution in [-0.2, 0) is 0 Å². The van der Waals surface area contributed by atoms with Crippen LogP contribution in [0, 0.1) is 0 Å².